The van der Waals surface area contributed by atoms with Crippen LogP contribution in [0.2, 0.25) is 0 Å². The third-order valence-corrected chi connectivity index (χ3v) is 9.26. The van der Waals surface area contributed by atoms with Crippen molar-refractivity contribution in [2.75, 3.05) is 17.2 Å². The van der Waals surface area contributed by atoms with Crippen LogP contribution in [0.5, 0.6) is 11.5 Å². The van der Waals surface area contributed by atoms with Crippen molar-refractivity contribution in [3.05, 3.63) is 84.9 Å². The molecular formula is C38H39F6N3O4. The zero-order valence-corrected chi connectivity index (χ0v) is 27.8. The first-order chi connectivity index (χ1) is 24.3. The Labute approximate surface area is 291 Å². The highest BCUT2D eigenvalue weighted by Gasteiger charge is 2.42. The molecule has 7 nitrogen and oxygen atoms in total. The van der Waals surface area contributed by atoms with Crippen LogP contribution in [0.3, 0.4) is 0 Å². The molecule has 0 atom stereocenters. The van der Waals surface area contributed by atoms with Gasteiger partial charge in [-0.15, -0.1) is 0 Å². The van der Waals surface area contributed by atoms with Gasteiger partial charge in [0.1, 0.15) is 11.5 Å². The SMILES string of the molecule is C=CC(=O)Nc1cc(/C=C/C2CCC(F)(F)CC2)c2c(c1F)CCO2.C=CC(=O)Nc1cnc2cccc(OC3CCC(C(F)(F)F)CC3)c2c1. The van der Waals surface area contributed by atoms with Gasteiger partial charge in [0.2, 0.25) is 17.7 Å². The zero-order valence-electron chi connectivity index (χ0n) is 27.8. The molecule has 272 valence electrons. The first-order valence-electron chi connectivity index (χ1n) is 16.8. The maximum absolute atomic E-state index is 14.5. The molecule has 2 saturated carbocycles. The molecule has 0 saturated heterocycles. The fourth-order valence-electron chi connectivity index (χ4n) is 6.44. The monoisotopic (exact) mass is 715 g/mol. The molecule has 2 aromatic carbocycles. The number of ether oxygens (including phenoxy) is 2. The van der Waals surface area contributed by atoms with Gasteiger partial charge in [0.25, 0.3) is 0 Å². The van der Waals surface area contributed by atoms with Crippen LogP contribution in [0.15, 0.2) is 67.9 Å². The molecule has 1 aliphatic heterocycles. The normalized spacial score (nSPS) is 20.0. The summed E-state index contributed by atoms with van der Waals surface area (Å²) >= 11 is 0. The van der Waals surface area contributed by atoms with Gasteiger partial charge in [-0.2, -0.15) is 13.2 Å². The molecule has 1 aromatic heterocycles. The van der Waals surface area contributed by atoms with Crippen LogP contribution in [0.4, 0.5) is 37.7 Å². The molecule has 51 heavy (non-hydrogen) atoms. The van der Waals surface area contributed by atoms with E-state index in [2.05, 4.69) is 28.8 Å². The second-order valence-corrected chi connectivity index (χ2v) is 12.9. The lowest BCUT2D eigenvalue weighted by Crippen LogP contribution is -2.31. The van der Waals surface area contributed by atoms with E-state index in [1.165, 1.54) is 12.3 Å². The number of fused-ring (bicyclic) bond motifs is 2. The Morgan fingerprint density at radius 3 is 2.33 bits per heavy atom. The van der Waals surface area contributed by atoms with Gasteiger partial charge in [-0.1, -0.05) is 31.4 Å². The van der Waals surface area contributed by atoms with Crippen LogP contribution in [-0.2, 0) is 16.0 Å². The van der Waals surface area contributed by atoms with Gasteiger partial charge in [0, 0.05) is 35.8 Å². The second kappa shape index (κ2) is 16.0. The van der Waals surface area contributed by atoms with Crippen LogP contribution < -0.4 is 20.1 Å². The van der Waals surface area contributed by atoms with Gasteiger partial charge in [-0.3, -0.25) is 14.6 Å². The highest BCUT2D eigenvalue weighted by atomic mass is 19.4. The number of pyridine rings is 1. The lowest BCUT2D eigenvalue weighted by atomic mass is 9.86. The molecule has 0 unspecified atom stereocenters. The highest BCUT2D eigenvalue weighted by Crippen LogP contribution is 2.41. The van der Waals surface area contributed by atoms with Crippen LogP contribution in [0.1, 0.15) is 62.5 Å². The summed E-state index contributed by atoms with van der Waals surface area (Å²) in [5, 5.41) is 5.80. The summed E-state index contributed by atoms with van der Waals surface area (Å²) in [4.78, 5) is 27.2. The maximum atomic E-state index is 14.5. The first-order valence-corrected chi connectivity index (χ1v) is 16.8. The van der Waals surface area contributed by atoms with Crippen molar-refractivity contribution < 1.29 is 45.4 Å². The summed E-state index contributed by atoms with van der Waals surface area (Å²) in [6, 6.07) is 8.60. The van der Waals surface area contributed by atoms with E-state index in [1.54, 1.807) is 24.3 Å². The minimum absolute atomic E-state index is 0.0629. The number of hydrogen-bond donors (Lipinski definition) is 2. The quantitative estimate of drug-likeness (QED) is 0.179. The number of hydrogen-bond acceptors (Lipinski definition) is 5. The Morgan fingerprint density at radius 1 is 0.980 bits per heavy atom. The number of carbonyl (C=O) groups is 2. The second-order valence-electron chi connectivity index (χ2n) is 12.9. The number of halogens is 6. The fourth-order valence-corrected chi connectivity index (χ4v) is 6.44. The molecule has 0 bridgehead atoms. The van der Waals surface area contributed by atoms with E-state index in [4.69, 9.17) is 9.47 Å². The summed E-state index contributed by atoms with van der Waals surface area (Å²) in [6.45, 7) is 7.13. The Bertz CT molecular complexity index is 1790. The van der Waals surface area contributed by atoms with Gasteiger partial charge >= 0.3 is 6.18 Å². The van der Waals surface area contributed by atoms with Gasteiger partial charge in [0.05, 0.1) is 41.7 Å². The molecule has 0 radical (unpaired) electrons. The van der Waals surface area contributed by atoms with E-state index in [1.807, 2.05) is 12.1 Å². The van der Waals surface area contributed by atoms with Crippen molar-refractivity contribution in [3.63, 3.8) is 0 Å². The van der Waals surface area contributed by atoms with E-state index in [0.717, 1.165) is 12.2 Å². The largest absolute Gasteiger partial charge is 0.492 e. The highest BCUT2D eigenvalue weighted by molar-refractivity contribution is 6.00. The predicted molar refractivity (Wildman–Crippen MR) is 183 cm³/mol. The van der Waals surface area contributed by atoms with E-state index >= 15 is 0 Å². The van der Waals surface area contributed by atoms with E-state index in [9.17, 15) is 35.9 Å². The van der Waals surface area contributed by atoms with Gasteiger partial charge in [0.15, 0.2) is 5.82 Å². The smallest absolute Gasteiger partial charge is 0.391 e. The Hall–Kier alpha value is -4.81. The van der Waals surface area contributed by atoms with E-state index in [0.29, 0.717) is 77.9 Å². The van der Waals surface area contributed by atoms with Gasteiger partial charge in [-0.05, 0) is 80.9 Å². The number of aromatic nitrogens is 1. The standard InChI is InChI=1S/C19H19F3N2O2.C19H20F3NO2/c1-2-18(25)24-13-10-15-16(23-11-13)4-3-5-17(15)26-14-8-6-12(7-9-14)19(20,21)22;1-2-16(24)23-15-11-13(18-14(17(15)20)7-10-25-18)4-3-12-5-8-19(21,22)9-6-12/h2-5,10-12,14H,1,6-9H2,(H,24,25);2-4,11-12H,1,5-10H2,(H,23,24)/b;4-3+. The number of amides is 2. The van der Waals surface area contributed by atoms with Crippen LogP contribution >= 0.6 is 0 Å². The van der Waals surface area contributed by atoms with E-state index < -0.39 is 29.7 Å². The van der Waals surface area contributed by atoms with Gasteiger partial charge < -0.3 is 20.1 Å². The number of carbonyl (C=O) groups excluding carboxylic acids is 2. The predicted octanol–water partition coefficient (Wildman–Crippen LogP) is 9.58. The summed E-state index contributed by atoms with van der Waals surface area (Å²) < 4.78 is 90.8. The fraction of sp³-hybridized carbons (Fsp3) is 0.395. The summed E-state index contributed by atoms with van der Waals surface area (Å²) in [5.41, 5.74) is 2.33. The molecular weight excluding hydrogens is 676 g/mol. The third kappa shape index (κ3) is 9.71. The average molecular weight is 716 g/mol. The number of nitrogens with zero attached hydrogens (tertiary/aromatic N) is 1. The van der Waals surface area contributed by atoms with Gasteiger partial charge in [-0.25, -0.2) is 13.2 Å². The topological polar surface area (TPSA) is 89.5 Å². The Morgan fingerprint density at radius 2 is 1.67 bits per heavy atom. The number of anilines is 2. The maximum Gasteiger partial charge on any atom is 0.391 e. The summed E-state index contributed by atoms with van der Waals surface area (Å²) in [5.74, 6) is -4.07. The first kappa shape index (κ1) is 37.4. The molecule has 13 heteroatoms. The number of benzene rings is 2. The molecule has 2 aliphatic carbocycles. The molecule has 3 aromatic rings. The van der Waals surface area contributed by atoms with Crippen LogP contribution in [0.25, 0.3) is 17.0 Å². The van der Waals surface area contributed by atoms with Crippen molar-refractivity contribution in [1.29, 1.82) is 0 Å². The minimum atomic E-state index is -4.13. The van der Waals surface area contributed by atoms with Crippen LogP contribution in [0, 0.1) is 17.7 Å². The molecule has 2 amide bonds. The molecule has 0 spiro atoms. The number of rotatable bonds is 8. The third-order valence-electron chi connectivity index (χ3n) is 9.26. The molecule has 6 rings (SSSR count). The van der Waals surface area contributed by atoms with Crippen molar-refractivity contribution in [1.82, 2.24) is 4.98 Å². The minimum Gasteiger partial charge on any atom is -0.492 e. The molecule has 3 aliphatic rings. The molecule has 2 N–H and O–H groups in total. The Balaban J connectivity index is 0.000000198. The summed E-state index contributed by atoms with van der Waals surface area (Å²) in [6.07, 6.45) is 4.97. The lowest BCUT2D eigenvalue weighted by Gasteiger charge is -2.30. The van der Waals surface area contributed by atoms with E-state index in [-0.39, 0.29) is 49.3 Å². The number of nitrogens with one attached hydrogen (secondary N) is 2. The number of allylic oxidation sites excluding steroid dienone is 1. The van der Waals surface area contributed by atoms with Crippen molar-refractivity contribution in [3.8, 4) is 11.5 Å². The number of alkyl halides is 5. The lowest BCUT2D eigenvalue weighted by molar-refractivity contribution is -0.185. The van der Waals surface area contributed by atoms with Crippen LogP contribution in [-0.4, -0.2) is 41.6 Å². The molecule has 2 fully saturated rings. The van der Waals surface area contributed by atoms with Crippen molar-refractivity contribution in [2.24, 2.45) is 11.8 Å². The van der Waals surface area contributed by atoms with Crippen molar-refractivity contribution in [2.45, 2.75) is 76.0 Å². The zero-order chi connectivity index (χ0) is 36.8. The Kier molecular flexibility index (Phi) is 11.8. The summed E-state index contributed by atoms with van der Waals surface area (Å²) in [7, 11) is 0. The average Bonchev–Trinajstić information content (AvgIpc) is 3.61. The molecule has 2 heterocycles. The van der Waals surface area contributed by atoms with Crippen molar-refractivity contribution >= 4 is 40.2 Å².